The van der Waals surface area contributed by atoms with Crippen molar-refractivity contribution in [1.82, 2.24) is 4.98 Å². The van der Waals surface area contributed by atoms with Gasteiger partial charge in [0, 0.05) is 34.8 Å². The molecule has 0 aliphatic carbocycles. The summed E-state index contributed by atoms with van der Waals surface area (Å²) in [5, 5.41) is 0.0945. The summed E-state index contributed by atoms with van der Waals surface area (Å²) in [5.74, 6) is 0. The first kappa shape index (κ1) is 16.0. The average Bonchev–Trinajstić information content (AvgIpc) is 2.45. The van der Waals surface area contributed by atoms with Gasteiger partial charge in [0.25, 0.3) is 0 Å². The van der Waals surface area contributed by atoms with E-state index in [1.807, 2.05) is 31.2 Å². The van der Waals surface area contributed by atoms with Gasteiger partial charge in [-0.05, 0) is 48.9 Å². The van der Waals surface area contributed by atoms with Crippen LogP contribution in [0.25, 0.3) is 0 Å². The second-order valence-corrected chi connectivity index (χ2v) is 8.15. The zero-order valence-electron chi connectivity index (χ0n) is 11.9. The highest BCUT2D eigenvalue weighted by Crippen LogP contribution is 2.37. The second-order valence-electron chi connectivity index (χ2n) is 4.92. The highest BCUT2D eigenvalue weighted by molar-refractivity contribution is 7.99. The van der Waals surface area contributed by atoms with Crippen molar-refractivity contribution in [3.8, 4) is 0 Å². The first-order valence-corrected chi connectivity index (χ1v) is 9.27. The molecule has 2 aromatic rings. The van der Waals surface area contributed by atoms with Gasteiger partial charge >= 0.3 is 0 Å². The smallest absolute Gasteiger partial charge is 0.175 e. The molecule has 0 spiro atoms. The monoisotopic (exact) mass is 322 g/mol. The molecule has 0 bridgehead atoms. The number of sulfone groups is 1. The van der Waals surface area contributed by atoms with Crippen LogP contribution in [0, 0.1) is 0 Å². The van der Waals surface area contributed by atoms with Crippen LogP contribution in [-0.2, 0) is 9.84 Å². The third-order valence-electron chi connectivity index (χ3n) is 3.03. The molecule has 0 aliphatic rings. The maximum absolute atomic E-state index is 11.5. The summed E-state index contributed by atoms with van der Waals surface area (Å²) in [6.07, 6.45) is 4.70. The van der Waals surface area contributed by atoms with Crippen molar-refractivity contribution in [3.63, 3.8) is 0 Å². The van der Waals surface area contributed by atoms with E-state index in [-0.39, 0.29) is 11.3 Å². The molecule has 4 nitrogen and oxygen atoms in total. The molecule has 2 atom stereocenters. The Hall–Kier alpha value is -1.37. The Morgan fingerprint density at radius 2 is 1.67 bits per heavy atom. The topological polar surface area (TPSA) is 73.1 Å². The van der Waals surface area contributed by atoms with Crippen molar-refractivity contribution in [2.45, 2.75) is 28.0 Å². The van der Waals surface area contributed by atoms with E-state index in [2.05, 4.69) is 4.98 Å². The summed E-state index contributed by atoms with van der Waals surface area (Å²) >= 11 is 1.62. The van der Waals surface area contributed by atoms with Crippen LogP contribution in [-0.4, -0.2) is 25.7 Å². The van der Waals surface area contributed by atoms with Gasteiger partial charge in [0.05, 0.1) is 4.90 Å². The minimum atomic E-state index is -3.16. The van der Waals surface area contributed by atoms with Crippen LogP contribution in [0.3, 0.4) is 0 Å². The van der Waals surface area contributed by atoms with Gasteiger partial charge < -0.3 is 5.73 Å². The summed E-state index contributed by atoms with van der Waals surface area (Å²) < 4.78 is 22.9. The fourth-order valence-corrected chi connectivity index (χ4v) is 3.67. The van der Waals surface area contributed by atoms with Gasteiger partial charge in [0.2, 0.25) is 0 Å². The normalized spacial score (nSPS) is 14.6. The molecular formula is C15H18N2O2S2. The Bertz CT molecular complexity index is 683. The molecule has 0 radical (unpaired) electrons. The maximum Gasteiger partial charge on any atom is 0.175 e. The molecule has 2 N–H and O–H groups in total. The third-order valence-corrected chi connectivity index (χ3v) is 5.66. The quantitative estimate of drug-likeness (QED) is 0.857. The van der Waals surface area contributed by atoms with Crippen LogP contribution < -0.4 is 5.73 Å². The zero-order valence-corrected chi connectivity index (χ0v) is 13.6. The summed E-state index contributed by atoms with van der Waals surface area (Å²) in [6, 6.07) is 10.8. The van der Waals surface area contributed by atoms with Gasteiger partial charge in [-0.1, -0.05) is 0 Å². The Kier molecular flexibility index (Phi) is 5.03. The lowest BCUT2D eigenvalue weighted by Crippen LogP contribution is -2.22. The lowest BCUT2D eigenvalue weighted by molar-refractivity contribution is 0.602. The molecule has 2 rings (SSSR count). The minimum Gasteiger partial charge on any atom is -0.327 e. The van der Waals surface area contributed by atoms with Gasteiger partial charge in [0.1, 0.15) is 0 Å². The molecule has 21 heavy (non-hydrogen) atoms. The number of nitrogens with zero attached hydrogens (tertiary/aromatic N) is 1. The number of nitrogens with two attached hydrogens (primary N) is 1. The van der Waals surface area contributed by atoms with Gasteiger partial charge in [-0.3, -0.25) is 4.98 Å². The van der Waals surface area contributed by atoms with Crippen molar-refractivity contribution < 1.29 is 8.42 Å². The summed E-state index contributed by atoms with van der Waals surface area (Å²) in [6.45, 7) is 1.96. The first-order valence-electron chi connectivity index (χ1n) is 6.50. The highest BCUT2D eigenvalue weighted by atomic mass is 32.2. The Balaban J connectivity index is 2.22. The van der Waals surface area contributed by atoms with Crippen LogP contribution in [0.5, 0.6) is 0 Å². The van der Waals surface area contributed by atoms with Gasteiger partial charge in [-0.2, -0.15) is 0 Å². The van der Waals surface area contributed by atoms with Crippen molar-refractivity contribution in [2.75, 3.05) is 6.26 Å². The van der Waals surface area contributed by atoms with Crippen LogP contribution >= 0.6 is 11.8 Å². The third kappa shape index (κ3) is 4.30. The molecule has 0 amide bonds. The Labute approximate surface area is 129 Å². The molecule has 1 aromatic heterocycles. The minimum absolute atomic E-state index is 0.0352. The fraction of sp³-hybridized carbons (Fsp3) is 0.267. The highest BCUT2D eigenvalue weighted by Gasteiger charge is 2.18. The summed E-state index contributed by atoms with van der Waals surface area (Å²) in [5.41, 5.74) is 7.19. The van der Waals surface area contributed by atoms with Crippen molar-refractivity contribution in [3.05, 3.63) is 54.4 Å². The number of hydrogen-bond acceptors (Lipinski definition) is 5. The zero-order chi connectivity index (χ0) is 15.5. The van der Waals surface area contributed by atoms with Crippen LogP contribution in [0.4, 0.5) is 0 Å². The Morgan fingerprint density at radius 3 is 2.14 bits per heavy atom. The SMILES string of the molecule is CC(N)C(Sc1ccc(S(C)(=O)=O)cc1)c1ccncc1. The van der Waals surface area contributed by atoms with E-state index in [9.17, 15) is 8.42 Å². The maximum atomic E-state index is 11.5. The van der Waals surface area contributed by atoms with Crippen molar-refractivity contribution >= 4 is 21.6 Å². The molecule has 0 saturated heterocycles. The Morgan fingerprint density at radius 1 is 1.10 bits per heavy atom. The van der Waals surface area contributed by atoms with Crippen LogP contribution in [0.15, 0.2) is 58.6 Å². The van der Waals surface area contributed by atoms with Gasteiger partial charge in [0.15, 0.2) is 9.84 Å². The number of benzene rings is 1. The molecule has 2 unspecified atom stereocenters. The van der Waals surface area contributed by atoms with Gasteiger partial charge in [-0.25, -0.2) is 8.42 Å². The lowest BCUT2D eigenvalue weighted by atomic mass is 10.1. The predicted octanol–water partition coefficient (Wildman–Crippen LogP) is 2.67. The number of aromatic nitrogens is 1. The predicted molar refractivity (Wildman–Crippen MR) is 86.0 cm³/mol. The van der Waals surface area contributed by atoms with Crippen molar-refractivity contribution in [2.24, 2.45) is 5.73 Å². The number of hydrogen-bond donors (Lipinski definition) is 1. The number of pyridine rings is 1. The molecule has 1 aromatic carbocycles. The number of thioether (sulfide) groups is 1. The van der Waals surface area contributed by atoms with E-state index in [1.165, 1.54) is 6.26 Å². The van der Waals surface area contributed by atoms with E-state index < -0.39 is 9.84 Å². The second kappa shape index (κ2) is 6.60. The van der Waals surface area contributed by atoms with E-state index >= 15 is 0 Å². The van der Waals surface area contributed by atoms with Crippen LogP contribution in [0.1, 0.15) is 17.7 Å². The van der Waals surface area contributed by atoms with Crippen LogP contribution in [0.2, 0.25) is 0 Å². The fourth-order valence-electron chi connectivity index (χ4n) is 1.94. The van der Waals surface area contributed by atoms with Gasteiger partial charge in [-0.15, -0.1) is 11.8 Å². The number of rotatable bonds is 5. The summed E-state index contributed by atoms with van der Waals surface area (Å²) in [7, 11) is -3.16. The van der Waals surface area contributed by atoms with E-state index in [0.29, 0.717) is 4.90 Å². The van der Waals surface area contributed by atoms with E-state index in [1.54, 1.807) is 36.3 Å². The molecule has 0 fully saturated rings. The molecule has 112 valence electrons. The lowest BCUT2D eigenvalue weighted by Gasteiger charge is -2.20. The molecular weight excluding hydrogens is 304 g/mol. The average molecular weight is 322 g/mol. The first-order chi connectivity index (χ1) is 9.88. The van der Waals surface area contributed by atoms with E-state index in [0.717, 1.165) is 10.5 Å². The standard InChI is InChI=1S/C15H18N2O2S2/c1-11(16)15(12-7-9-17-10-8-12)20-13-3-5-14(6-4-13)21(2,18)19/h3-11,15H,16H2,1-2H3. The molecule has 0 aliphatic heterocycles. The van der Waals surface area contributed by atoms with E-state index in [4.69, 9.17) is 5.73 Å². The summed E-state index contributed by atoms with van der Waals surface area (Å²) in [4.78, 5) is 5.33. The molecule has 1 heterocycles. The molecule has 0 saturated carbocycles. The molecule has 6 heteroatoms. The largest absolute Gasteiger partial charge is 0.327 e. The van der Waals surface area contributed by atoms with Crippen molar-refractivity contribution in [1.29, 1.82) is 0 Å².